The van der Waals surface area contributed by atoms with Gasteiger partial charge in [0.15, 0.2) is 9.04 Å². The van der Waals surface area contributed by atoms with Gasteiger partial charge in [0, 0.05) is 7.11 Å². The van der Waals surface area contributed by atoms with Crippen molar-refractivity contribution >= 4 is 9.04 Å². The highest BCUT2D eigenvalue weighted by Gasteiger charge is 2.43. The third-order valence-corrected chi connectivity index (χ3v) is 5.15. The van der Waals surface area contributed by atoms with E-state index < -0.39 is 9.04 Å². The average Bonchev–Trinajstić information content (AvgIpc) is 2.47. The highest BCUT2D eigenvalue weighted by atomic mass is 28.3. The van der Waals surface area contributed by atoms with Crippen LogP contribution in [0.15, 0.2) is 12.1 Å². The van der Waals surface area contributed by atoms with Crippen LogP contribution >= 0.6 is 0 Å². The molecule has 0 aromatic heterocycles. The van der Waals surface area contributed by atoms with Crippen LogP contribution in [-0.4, -0.2) is 29.4 Å². The molecule has 0 radical (unpaired) electrons. The molecule has 4 nitrogen and oxygen atoms in total. The van der Waals surface area contributed by atoms with E-state index in [9.17, 15) is 0 Å². The molecule has 0 unspecified atom stereocenters. The molecule has 0 saturated heterocycles. The Morgan fingerprint density at radius 1 is 1.04 bits per heavy atom. The molecule has 1 fully saturated rings. The zero-order valence-electron chi connectivity index (χ0n) is 15.1. The third kappa shape index (κ3) is 4.08. The summed E-state index contributed by atoms with van der Waals surface area (Å²) in [7, 11) is 0.727. The monoisotopic (exact) mass is 338 g/mol. The van der Waals surface area contributed by atoms with E-state index in [0.29, 0.717) is 19.8 Å². The summed E-state index contributed by atoms with van der Waals surface area (Å²) in [5.74, 6) is 1.76. The van der Waals surface area contributed by atoms with Crippen LogP contribution in [0.1, 0.15) is 44.2 Å². The Morgan fingerprint density at radius 2 is 1.61 bits per heavy atom. The Labute approximate surface area is 141 Å². The van der Waals surface area contributed by atoms with Gasteiger partial charge in [-0.15, -0.1) is 0 Å². The van der Waals surface area contributed by atoms with Crippen molar-refractivity contribution in [2.24, 2.45) is 0 Å². The zero-order chi connectivity index (χ0) is 16.9. The van der Waals surface area contributed by atoms with Crippen molar-refractivity contribution in [3.8, 4) is 11.5 Å². The minimum atomic E-state index is -1.06. The lowest BCUT2D eigenvalue weighted by atomic mass is 9.74. The minimum Gasteiger partial charge on any atom is -0.493 e. The van der Waals surface area contributed by atoms with Gasteiger partial charge >= 0.3 is 0 Å². The molecule has 1 aromatic carbocycles. The van der Waals surface area contributed by atoms with Gasteiger partial charge in [0.25, 0.3) is 0 Å². The minimum absolute atomic E-state index is 0.263. The number of hydrogen-bond acceptors (Lipinski definition) is 4. The quantitative estimate of drug-likeness (QED) is 0.638. The van der Waals surface area contributed by atoms with Gasteiger partial charge in [-0.1, -0.05) is 0 Å². The van der Waals surface area contributed by atoms with Crippen molar-refractivity contribution in [3.63, 3.8) is 0 Å². The largest absolute Gasteiger partial charge is 0.493 e. The maximum absolute atomic E-state index is 5.95. The van der Waals surface area contributed by atoms with Crippen LogP contribution in [0.5, 0.6) is 11.5 Å². The number of rotatable bonds is 9. The van der Waals surface area contributed by atoms with Crippen molar-refractivity contribution < 1.29 is 18.6 Å². The predicted molar refractivity (Wildman–Crippen MR) is 95.0 cm³/mol. The van der Waals surface area contributed by atoms with E-state index in [2.05, 4.69) is 25.2 Å². The summed E-state index contributed by atoms with van der Waals surface area (Å²) in [5.41, 5.74) is 1.91. The van der Waals surface area contributed by atoms with Gasteiger partial charge in [-0.05, 0) is 63.9 Å². The van der Waals surface area contributed by atoms with E-state index in [1.807, 2.05) is 13.8 Å². The number of ether oxygens (including phenoxy) is 3. The van der Waals surface area contributed by atoms with Crippen LogP contribution < -0.4 is 9.47 Å². The summed E-state index contributed by atoms with van der Waals surface area (Å²) in [5, 5.41) is 0. The average molecular weight is 339 g/mol. The van der Waals surface area contributed by atoms with Crippen LogP contribution in [0.2, 0.25) is 13.1 Å². The van der Waals surface area contributed by atoms with Crippen molar-refractivity contribution in [2.45, 2.75) is 58.4 Å². The molecule has 23 heavy (non-hydrogen) atoms. The summed E-state index contributed by atoms with van der Waals surface area (Å²) < 4.78 is 23.7. The molecule has 1 saturated carbocycles. The van der Waals surface area contributed by atoms with Gasteiger partial charge in [0.1, 0.15) is 11.5 Å². The van der Waals surface area contributed by atoms with E-state index in [0.717, 1.165) is 35.5 Å². The van der Waals surface area contributed by atoms with Crippen LogP contribution in [-0.2, 0) is 21.4 Å². The number of benzene rings is 1. The van der Waals surface area contributed by atoms with Gasteiger partial charge in [-0.2, -0.15) is 0 Å². The van der Waals surface area contributed by atoms with Gasteiger partial charge in [-0.25, -0.2) is 0 Å². The Morgan fingerprint density at radius 3 is 1.96 bits per heavy atom. The first kappa shape index (κ1) is 18.3. The SMILES string of the molecule is CCOc1cc(CO[SiH](C)C)cc(OCC)c1C1(OC)CCC1. The Kier molecular flexibility index (Phi) is 6.50. The van der Waals surface area contributed by atoms with Gasteiger partial charge in [0.05, 0.1) is 31.0 Å². The Bertz CT molecular complexity index is 479. The first-order valence-electron chi connectivity index (χ1n) is 8.66. The van der Waals surface area contributed by atoms with Gasteiger partial charge < -0.3 is 18.6 Å². The van der Waals surface area contributed by atoms with E-state index in [4.69, 9.17) is 18.6 Å². The molecule has 0 heterocycles. The summed E-state index contributed by atoms with van der Waals surface area (Å²) in [6.07, 6.45) is 3.20. The molecular weight excluding hydrogens is 308 g/mol. The fourth-order valence-electron chi connectivity index (χ4n) is 3.03. The number of methoxy groups -OCH3 is 1. The topological polar surface area (TPSA) is 36.9 Å². The van der Waals surface area contributed by atoms with Crippen LogP contribution in [0.4, 0.5) is 0 Å². The maximum Gasteiger partial charge on any atom is 0.171 e. The lowest BCUT2D eigenvalue weighted by molar-refractivity contribution is -0.0809. The molecule has 0 N–H and O–H groups in total. The second-order valence-electron chi connectivity index (χ2n) is 6.24. The second-order valence-corrected chi connectivity index (χ2v) is 8.68. The standard InChI is InChI=1S/C18H30O4Si/c1-6-20-15-11-14(13-22-23(4)5)12-16(21-7-2)17(15)18(19-3)9-8-10-18/h11-12,23H,6-10,13H2,1-5H3. The van der Waals surface area contributed by atoms with Gasteiger partial charge in [0.2, 0.25) is 0 Å². The first-order valence-corrected chi connectivity index (χ1v) is 11.4. The van der Waals surface area contributed by atoms with E-state index >= 15 is 0 Å². The summed E-state index contributed by atoms with van der Waals surface area (Å²) >= 11 is 0. The lowest BCUT2D eigenvalue weighted by Crippen LogP contribution is -2.37. The van der Waals surface area contributed by atoms with Crippen molar-refractivity contribution in [1.29, 1.82) is 0 Å². The molecule has 130 valence electrons. The van der Waals surface area contributed by atoms with Crippen molar-refractivity contribution in [1.82, 2.24) is 0 Å². The number of hydrogen-bond donors (Lipinski definition) is 0. The second kappa shape index (κ2) is 8.17. The lowest BCUT2D eigenvalue weighted by Gasteiger charge is -2.42. The smallest absolute Gasteiger partial charge is 0.171 e. The zero-order valence-corrected chi connectivity index (χ0v) is 16.3. The molecule has 1 aliphatic rings. The molecule has 1 aromatic rings. The summed E-state index contributed by atoms with van der Waals surface area (Å²) in [6, 6.07) is 4.19. The highest BCUT2D eigenvalue weighted by molar-refractivity contribution is 6.48. The predicted octanol–water partition coefficient (Wildman–Crippen LogP) is 4.01. The molecular formula is C18H30O4Si. The molecule has 1 aliphatic carbocycles. The fourth-order valence-corrected chi connectivity index (χ4v) is 3.56. The van der Waals surface area contributed by atoms with E-state index in [-0.39, 0.29) is 5.60 Å². The van der Waals surface area contributed by atoms with Crippen LogP contribution in [0.25, 0.3) is 0 Å². The maximum atomic E-state index is 5.95. The van der Waals surface area contributed by atoms with Gasteiger partial charge in [-0.3, -0.25) is 0 Å². The normalized spacial score (nSPS) is 16.3. The molecule has 5 heteroatoms. The summed E-state index contributed by atoms with van der Waals surface area (Å²) in [4.78, 5) is 0. The van der Waals surface area contributed by atoms with Crippen LogP contribution in [0, 0.1) is 0 Å². The Hall–Kier alpha value is -1.04. The molecule has 0 amide bonds. The molecule has 0 aliphatic heterocycles. The van der Waals surface area contributed by atoms with E-state index in [1.54, 1.807) is 7.11 Å². The third-order valence-electron chi connectivity index (χ3n) is 4.32. The summed E-state index contributed by atoms with van der Waals surface area (Å²) in [6.45, 7) is 10.2. The molecule has 0 spiro atoms. The van der Waals surface area contributed by atoms with E-state index in [1.165, 1.54) is 6.42 Å². The highest BCUT2D eigenvalue weighted by Crippen LogP contribution is 2.51. The molecule has 2 rings (SSSR count). The molecule has 0 bridgehead atoms. The fraction of sp³-hybridized carbons (Fsp3) is 0.667. The first-order chi connectivity index (χ1) is 11.1. The van der Waals surface area contributed by atoms with Crippen molar-refractivity contribution in [2.75, 3.05) is 20.3 Å². The Balaban J connectivity index is 2.44. The molecule has 0 atom stereocenters. The van der Waals surface area contributed by atoms with Crippen molar-refractivity contribution in [3.05, 3.63) is 23.3 Å². The van der Waals surface area contributed by atoms with Crippen LogP contribution in [0.3, 0.4) is 0 Å².